The van der Waals surface area contributed by atoms with E-state index in [-0.39, 0.29) is 9.92 Å². The highest BCUT2D eigenvalue weighted by Gasteiger charge is 2.19. The fraction of sp³-hybridized carbons (Fsp3) is 0.0526. The largest absolute Gasteiger partial charge is 0.465 e. The zero-order valence-corrected chi connectivity index (χ0v) is 14.2. The van der Waals surface area contributed by atoms with Gasteiger partial charge in [-0.3, -0.25) is 0 Å². The van der Waals surface area contributed by atoms with Crippen LogP contribution in [0.5, 0.6) is 0 Å². The molecule has 126 valence electrons. The third-order valence-electron chi connectivity index (χ3n) is 3.65. The highest BCUT2D eigenvalue weighted by Crippen LogP contribution is 2.23. The number of carbonyl (C=O) groups is 1. The van der Waals surface area contributed by atoms with E-state index >= 15 is 0 Å². The normalized spacial score (nSPS) is 11.1. The van der Waals surface area contributed by atoms with Gasteiger partial charge in [0.15, 0.2) is 5.03 Å². The number of sulfone groups is 1. The second kappa shape index (κ2) is 6.86. The van der Waals surface area contributed by atoms with Gasteiger partial charge < -0.3 is 4.74 Å². The summed E-state index contributed by atoms with van der Waals surface area (Å²) in [5, 5.41) is -0.0201. The molecule has 0 unspecified atom stereocenters. The van der Waals surface area contributed by atoms with E-state index in [0.29, 0.717) is 16.8 Å². The summed E-state index contributed by atoms with van der Waals surface area (Å²) in [4.78, 5) is 16.0. The van der Waals surface area contributed by atoms with Gasteiger partial charge in [0, 0.05) is 5.56 Å². The lowest BCUT2D eigenvalue weighted by atomic mass is 10.1. The van der Waals surface area contributed by atoms with Crippen molar-refractivity contribution in [3.05, 3.63) is 78.4 Å². The molecule has 0 aliphatic carbocycles. The molecule has 0 atom stereocenters. The van der Waals surface area contributed by atoms with Crippen LogP contribution in [-0.2, 0) is 14.6 Å². The molecule has 0 aliphatic rings. The molecule has 0 spiro atoms. The number of rotatable bonds is 4. The third kappa shape index (κ3) is 3.44. The Hall–Kier alpha value is -2.99. The molecule has 25 heavy (non-hydrogen) atoms. The van der Waals surface area contributed by atoms with Gasteiger partial charge in [-0.05, 0) is 36.4 Å². The van der Waals surface area contributed by atoms with Crippen LogP contribution in [-0.4, -0.2) is 26.5 Å². The summed E-state index contributed by atoms with van der Waals surface area (Å²) < 4.78 is 30.0. The lowest BCUT2D eigenvalue weighted by Crippen LogP contribution is -2.05. The number of esters is 1. The monoisotopic (exact) mass is 353 g/mol. The van der Waals surface area contributed by atoms with Gasteiger partial charge in [-0.15, -0.1) is 0 Å². The van der Waals surface area contributed by atoms with Crippen LogP contribution >= 0.6 is 0 Å². The Balaban J connectivity index is 1.98. The average molecular weight is 353 g/mol. The Labute approximate surface area is 145 Å². The fourth-order valence-electron chi connectivity index (χ4n) is 2.34. The van der Waals surface area contributed by atoms with Gasteiger partial charge >= 0.3 is 5.97 Å². The molecule has 0 saturated heterocycles. The minimum absolute atomic E-state index is 0.0201. The minimum Gasteiger partial charge on any atom is -0.465 e. The van der Waals surface area contributed by atoms with E-state index in [1.807, 2.05) is 0 Å². The van der Waals surface area contributed by atoms with Crippen molar-refractivity contribution in [1.82, 2.24) is 4.98 Å². The van der Waals surface area contributed by atoms with Crippen molar-refractivity contribution in [2.75, 3.05) is 7.11 Å². The summed E-state index contributed by atoms with van der Waals surface area (Å²) in [7, 11) is -2.37. The Kier molecular flexibility index (Phi) is 4.63. The molecule has 2 aromatic carbocycles. The first kappa shape index (κ1) is 16.9. The van der Waals surface area contributed by atoms with Crippen molar-refractivity contribution < 1.29 is 17.9 Å². The molecule has 0 amide bonds. The van der Waals surface area contributed by atoms with Gasteiger partial charge in [-0.1, -0.05) is 36.4 Å². The number of pyridine rings is 1. The minimum atomic E-state index is -3.68. The fourth-order valence-corrected chi connectivity index (χ4v) is 3.57. The van der Waals surface area contributed by atoms with Crippen LogP contribution in [0.25, 0.3) is 11.3 Å². The second-order valence-corrected chi connectivity index (χ2v) is 7.14. The first-order chi connectivity index (χ1) is 12.0. The SMILES string of the molecule is COC(=O)c1ccc(-c2cccc(S(=O)(=O)c3ccccc3)n2)cc1. The molecule has 1 aromatic heterocycles. The highest BCUT2D eigenvalue weighted by atomic mass is 32.2. The maximum atomic E-state index is 12.7. The zero-order valence-electron chi connectivity index (χ0n) is 13.4. The van der Waals surface area contributed by atoms with Crippen LogP contribution in [0.2, 0.25) is 0 Å². The van der Waals surface area contributed by atoms with Crippen LogP contribution in [0.1, 0.15) is 10.4 Å². The third-order valence-corrected chi connectivity index (χ3v) is 5.32. The molecule has 0 bridgehead atoms. The van der Waals surface area contributed by atoms with Crippen LogP contribution < -0.4 is 0 Å². The molecule has 6 heteroatoms. The topological polar surface area (TPSA) is 73.3 Å². The smallest absolute Gasteiger partial charge is 0.337 e. The average Bonchev–Trinajstić information content (AvgIpc) is 2.68. The number of hydrogen-bond acceptors (Lipinski definition) is 5. The van der Waals surface area contributed by atoms with Crippen LogP contribution in [0.4, 0.5) is 0 Å². The van der Waals surface area contributed by atoms with Gasteiger partial charge in [-0.25, -0.2) is 18.2 Å². The van der Waals surface area contributed by atoms with Gasteiger partial charge in [0.05, 0.1) is 23.3 Å². The number of carbonyl (C=O) groups excluding carboxylic acids is 1. The van der Waals surface area contributed by atoms with Crippen molar-refractivity contribution in [2.45, 2.75) is 9.92 Å². The second-order valence-electron chi connectivity index (χ2n) is 5.25. The standard InChI is InChI=1S/C19H15NO4S/c1-24-19(21)15-12-10-14(11-13-15)17-8-5-9-18(20-17)25(22,23)16-6-3-2-4-7-16/h2-13H,1H3. The number of nitrogens with zero attached hydrogens (tertiary/aromatic N) is 1. The van der Waals surface area contributed by atoms with Crippen molar-refractivity contribution in [1.29, 1.82) is 0 Å². The number of ether oxygens (including phenoxy) is 1. The molecule has 0 aliphatic heterocycles. The van der Waals surface area contributed by atoms with Crippen molar-refractivity contribution in [3.8, 4) is 11.3 Å². The maximum absolute atomic E-state index is 12.7. The predicted molar refractivity (Wildman–Crippen MR) is 92.9 cm³/mol. The van der Waals surface area contributed by atoms with Gasteiger partial charge in [0.25, 0.3) is 0 Å². The van der Waals surface area contributed by atoms with Crippen molar-refractivity contribution in [2.24, 2.45) is 0 Å². The first-order valence-corrected chi connectivity index (χ1v) is 8.96. The molecule has 5 nitrogen and oxygen atoms in total. The van der Waals surface area contributed by atoms with Crippen molar-refractivity contribution in [3.63, 3.8) is 0 Å². The van der Waals surface area contributed by atoms with Gasteiger partial charge in [0.2, 0.25) is 9.84 Å². The van der Waals surface area contributed by atoms with E-state index in [1.54, 1.807) is 54.6 Å². The Morgan fingerprint density at radius 3 is 2.20 bits per heavy atom. The summed E-state index contributed by atoms with van der Waals surface area (Å²) >= 11 is 0. The van der Waals surface area contributed by atoms with E-state index in [0.717, 1.165) is 0 Å². The van der Waals surface area contributed by atoms with Crippen molar-refractivity contribution >= 4 is 15.8 Å². The molecule has 0 radical (unpaired) electrons. The molecular formula is C19H15NO4S. The van der Waals surface area contributed by atoms with Gasteiger partial charge in [0.1, 0.15) is 0 Å². The Bertz CT molecular complexity index is 997. The first-order valence-electron chi connectivity index (χ1n) is 7.48. The Morgan fingerprint density at radius 2 is 1.56 bits per heavy atom. The number of methoxy groups -OCH3 is 1. The number of hydrogen-bond donors (Lipinski definition) is 0. The Morgan fingerprint density at radius 1 is 0.880 bits per heavy atom. The lowest BCUT2D eigenvalue weighted by molar-refractivity contribution is 0.0600. The molecule has 0 N–H and O–H groups in total. The van der Waals surface area contributed by atoms with E-state index in [1.165, 1.54) is 25.3 Å². The summed E-state index contributed by atoms with van der Waals surface area (Å²) in [6, 6.07) is 19.6. The number of benzene rings is 2. The highest BCUT2D eigenvalue weighted by molar-refractivity contribution is 7.91. The van der Waals surface area contributed by atoms with E-state index in [4.69, 9.17) is 0 Å². The van der Waals surface area contributed by atoms with E-state index < -0.39 is 15.8 Å². The zero-order chi connectivity index (χ0) is 17.9. The maximum Gasteiger partial charge on any atom is 0.337 e. The van der Waals surface area contributed by atoms with Crippen LogP contribution in [0.3, 0.4) is 0 Å². The van der Waals surface area contributed by atoms with Gasteiger partial charge in [-0.2, -0.15) is 0 Å². The predicted octanol–water partition coefficient (Wildman–Crippen LogP) is 3.37. The molecule has 3 aromatic rings. The summed E-state index contributed by atoms with van der Waals surface area (Å²) in [5.41, 5.74) is 1.63. The molecule has 0 fully saturated rings. The lowest BCUT2D eigenvalue weighted by Gasteiger charge is -2.07. The summed E-state index contributed by atoms with van der Waals surface area (Å²) in [6.07, 6.45) is 0. The van der Waals surface area contributed by atoms with Crippen LogP contribution in [0.15, 0.2) is 82.7 Å². The van der Waals surface area contributed by atoms with E-state index in [9.17, 15) is 13.2 Å². The summed E-state index contributed by atoms with van der Waals surface area (Å²) in [6.45, 7) is 0. The summed E-state index contributed by atoms with van der Waals surface area (Å²) in [5.74, 6) is -0.431. The quantitative estimate of drug-likeness (QED) is 0.673. The molecular weight excluding hydrogens is 338 g/mol. The molecule has 1 heterocycles. The molecule has 3 rings (SSSR count). The molecule has 0 saturated carbocycles. The van der Waals surface area contributed by atoms with E-state index in [2.05, 4.69) is 9.72 Å². The number of aromatic nitrogens is 1. The van der Waals surface area contributed by atoms with Crippen LogP contribution in [0, 0.1) is 0 Å².